The zero-order valence-electron chi connectivity index (χ0n) is 11.7. The third kappa shape index (κ3) is 2.66. The van der Waals surface area contributed by atoms with Gasteiger partial charge < -0.3 is 14.7 Å². The van der Waals surface area contributed by atoms with Crippen molar-refractivity contribution in [2.45, 2.75) is 44.1 Å². The summed E-state index contributed by atoms with van der Waals surface area (Å²) in [5.74, 6) is 0.757. The van der Waals surface area contributed by atoms with Crippen LogP contribution in [0.4, 0.5) is 5.69 Å². The molecule has 1 aliphatic heterocycles. The monoisotopic (exact) mass is 275 g/mol. The highest BCUT2D eigenvalue weighted by Crippen LogP contribution is 2.35. The molecule has 0 spiro atoms. The molecule has 20 heavy (non-hydrogen) atoms. The molecule has 1 aromatic rings. The van der Waals surface area contributed by atoms with E-state index in [1.54, 1.807) is 4.90 Å². The zero-order valence-corrected chi connectivity index (χ0v) is 11.7. The normalized spacial score (nSPS) is 20.9. The summed E-state index contributed by atoms with van der Waals surface area (Å²) in [7, 11) is 0. The Bertz CT molecular complexity index is 494. The molecular weight excluding hydrogens is 254 g/mol. The fraction of sp³-hybridized carbons (Fsp3) is 0.562. The number of hydrogen-bond donors (Lipinski definition) is 1. The predicted octanol–water partition coefficient (Wildman–Crippen LogP) is 2.50. The Labute approximate surface area is 119 Å². The average Bonchev–Trinajstić information content (AvgIpc) is 2.47. The van der Waals surface area contributed by atoms with Crippen molar-refractivity contribution in [3.63, 3.8) is 0 Å². The number of rotatable bonds is 2. The summed E-state index contributed by atoms with van der Waals surface area (Å²) in [4.78, 5) is 14.3. The smallest absolute Gasteiger partial charge is 0.230 e. The van der Waals surface area contributed by atoms with Gasteiger partial charge >= 0.3 is 0 Å². The molecule has 0 saturated heterocycles. The van der Waals surface area contributed by atoms with Gasteiger partial charge in [0.05, 0.1) is 24.3 Å². The lowest BCUT2D eigenvalue weighted by Gasteiger charge is -2.35. The Morgan fingerprint density at radius 3 is 2.80 bits per heavy atom. The number of amides is 1. The van der Waals surface area contributed by atoms with Crippen LogP contribution in [0.1, 0.15) is 38.5 Å². The molecule has 1 aromatic carbocycles. The third-order valence-electron chi connectivity index (χ3n) is 4.29. The molecule has 1 heterocycles. The van der Waals surface area contributed by atoms with Crippen LogP contribution in [-0.2, 0) is 4.79 Å². The van der Waals surface area contributed by atoms with Crippen molar-refractivity contribution in [3.8, 4) is 5.75 Å². The number of ether oxygens (including phenoxy) is 1. The molecule has 2 aliphatic rings. The number of aliphatic hydroxyl groups is 1. The summed E-state index contributed by atoms with van der Waals surface area (Å²) < 4.78 is 5.56. The zero-order chi connectivity index (χ0) is 14.0. The van der Waals surface area contributed by atoms with Gasteiger partial charge in [-0.2, -0.15) is 0 Å². The molecule has 3 rings (SSSR count). The van der Waals surface area contributed by atoms with Crippen LogP contribution < -0.4 is 9.64 Å². The van der Waals surface area contributed by atoms with Crippen LogP contribution in [0.15, 0.2) is 24.3 Å². The fourth-order valence-corrected chi connectivity index (χ4v) is 3.19. The summed E-state index contributed by atoms with van der Waals surface area (Å²) in [6, 6.07) is 7.59. The molecule has 1 aliphatic carbocycles. The minimum Gasteiger partial charge on any atom is -0.490 e. The molecule has 4 heteroatoms. The van der Waals surface area contributed by atoms with Gasteiger partial charge in [0.25, 0.3) is 0 Å². The van der Waals surface area contributed by atoms with Crippen LogP contribution in [0, 0.1) is 0 Å². The second-order valence-electron chi connectivity index (χ2n) is 5.82. The van der Waals surface area contributed by atoms with E-state index >= 15 is 0 Å². The Morgan fingerprint density at radius 1 is 1.25 bits per heavy atom. The summed E-state index contributed by atoms with van der Waals surface area (Å²) in [5, 5.41) is 10.5. The van der Waals surface area contributed by atoms with Gasteiger partial charge in [0, 0.05) is 0 Å². The lowest BCUT2D eigenvalue weighted by molar-refractivity contribution is -0.125. The Morgan fingerprint density at radius 2 is 2.00 bits per heavy atom. The SMILES string of the molecule is O=C(CC1(O)CCCCC1)N1CCOc2ccccc21. The predicted molar refractivity (Wildman–Crippen MR) is 76.9 cm³/mol. The van der Waals surface area contributed by atoms with Crippen LogP contribution in [0.25, 0.3) is 0 Å². The van der Waals surface area contributed by atoms with Crippen molar-refractivity contribution in [3.05, 3.63) is 24.3 Å². The minimum atomic E-state index is -0.803. The number of carbonyl (C=O) groups is 1. The van der Waals surface area contributed by atoms with Crippen molar-refractivity contribution in [2.75, 3.05) is 18.1 Å². The van der Waals surface area contributed by atoms with Gasteiger partial charge in [0.1, 0.15) is 12.4 Å². The van der Waals surface area contributed by atoms with Crippen molar-refractivity contribution >= 4 is 11.6 Å². The van der Waals surface area contributed by atoms with E-state index in [1.807, 2.05) is 24.3 Å². The van der Waals surface area contributed by atoms with Crippen molar-refractivity contribution in [1.29, 1.82) is 0 Å². The number of carbonyl (C=O) groups excluding carboxylic acids is 1. The van der Waals surface area contributed by atoms with Gasteiger partial charge in [-0.25, -0.2) is 0 Å². The topological polar surface area (TPSA) is 49.8 Å². The van der Waals surface area contributed by atoms with E-state index in [1.165, 1.54) is 0 Å². The minimum absolute atomic E-state index is 0.00477. The first kappa shape index (κ1) is 13.4. The van der Waals surface area contributed by atoms with E-state index in [2.05, 4.69) is 0 Å². The standard InChI is InChI=1S/C16H21NO3/c18-15(12-16(19)8-4-1-5-9-16)17-10-11-20-14-7-3-2-6-13(14)17/h2-3,6-7,19H,1,4-5,8-12H2. The summed E-state index contributed by atoms with van der Waals surface area (Å²) in [5.41, 5.74) is 0.0194. The molecule has 4 nitrogen and oxygen atoms in total. The number of nitrogens with zero attached hydrogens (tertiary/aromatic N) is 1. The van der Waals surface area contributed by atoms with Crippen molar-refractivity contribution < 1.29 is 14.6 Å². The van der Waals surface area contributed by atoms with E-state index in [4.69, 9.17) is 4.74 Å². The molecule has 1 N–H and O–H groups in total. The summed E-state index contributed by atoms with van der Waals surface area (Å²) in [6.45, 7) is 1.08. The van der Waals surface area contributed by atoms with Crippen LogP contribution >= 0.6 is 0 Å². The van der Waals surface area contributed by atoms with Gasteiger partial charge in [-0.3, -0.25) is 4.79 Å². The highest BCUT2D eigenvalue weighted by atomic mass is 16.5. The van der Waals surface area contributed by atoms with E-state index in [-0.39, 0.29) is 12.3 Å². The van der Waals surface area contributed by atoms with Crippen LogP contribution in [0.2, 0.25) is 0 Å². The van der Waals surface area contributed by atoms with Gasteiger partial charge in [-0.1, -0.05) is 31.4 Å². The summed E-state index contributed by atoms with van der Waals surface area (Å²) >= 11 is 0. The number of anilines is 1. The van der Waals surface area contributed by atoms with E-state index in [0.717, 1.165) is 43.5 Å². The Hall–Kier alpha value is -1.55. The maximum atomic E-state index is 12.5. The van der Waals surface area contributed by atoms with Gasteiger partial charge in [-0.05, 0) is 25.0 Å². The second kappa shape index (κ2) is 5.44. The molecular formula is C16H21NO3. The highest BCUT2D eigenvalue weighted by Gasteiger charge is 2.34. The van der Waals surface area contributed by atoms with Crippen LogP contribution in [-0.4, -0.2) is 29.8 Å². The molecule has 0 atom stereocenters. The maximum Gasteiger partial charge on any atom is 0.230 e. The number of para-hydroxylation sites is 2. The Balaban J connectivity index is 1.75. The lowest BCUT2D eigenvalue weighted by atomic mass is 9.82. The highest BCUT2D eigenvalue weighted by molar-refractivity contribution is 5.95. The fourth-order valence-electron chi connectivity index (χ4n) is 3.19. The first-order valence-corrected chi connectivity index (χ1v) is 7.43. The summed E-state index contributed by atoms with van der Waals surface area (Å²) in [6.07, 6.45) is 4.90. The van der Waals surface area contributed by atoms with E-state index in [9.17, 15) is 9.90 Å². The largest absolute Gasteiger partial charge is 0.490 e. The molecule has 108 valence electrons. The quantitative estimate of drug-likeness (QED) is 0.902. The van der Waals surface area contributed by atoms with Crippen molar-refractivity contribution in [1.82, 2.24) is 0 Å². The molecule has 1 fully saturated rings. The molecule has 0 bridgehead atoms. The molecule has 1 amide bonds. The van der Waals surface area contributed by atoms with E-state index < -0.39 is 5.60 Å². The van der Waals surface area contributed by atoms with Gasteiger partial charge in [0.2, 0.25) is 5.91 Å². The number of benzene rings is 1. The average molecular weight is 275 g/mol. The third-order valence-corrected chi connectivity index (χ3v) is 4.29. The Kier molecular flexibility index (Phi) is 3.66. The van der Waals surface area contributed by atoms with Crippen LogP contribution in [0.5, 0.6) is 5.75 Å². The van der Waals surface area contributed by atoms with Crippen LogP contribution in [0.3, 0.4) is 0 Å². The van der Waals surface area contributed by atoms with Crippen molar-refractivity contribution in [2.24, 2.45) is 0 Å². The maximum absolute atomic E-state index is 12.5. The molecule has 0 radical (unpaired) electrons. The second-order valence-corrected chi connectivity index (χ2v) is 5.82. The first-order chi connectivity index (χ1) is 9.68. The lowest BCUT2D eigenvalue weighted by Crippen LogP contribution is -2.43. The number of hydrogen-bond acceptors (Lipinski definition) is 3. The number of fused-ring (bicyclic) bond motifs is 1. The molecule has 0 unspecified atom stereocenters. The van der Waals surface area contributed by atoms with Gasteiger partial charge in [0.15, 0.2) is 0 Å². The first-order valence-electron chi connectivity index (χ1n) is 7.43. The van der Waals surface area contributed by atoms with E-state index in [0.29, 0.717) is 13.2 Å². The molecule has 1 saturated carbocycles. The van der Waals surface area contributed by atoms with Gasteiger partial charge in [-0.15, -0.1) is 0 Å². The molecule has 0 aromatic heterocycles.